The van der Waals surface area contributed by atoms with Crippen LogP contribution < -0.4 is 11.3 Å². The van der Waals surface area contributed by atoms with E-state index in [2.05, 4.69) is 5.43 Å². The lowest BCUT2D eigenvalue weighted by Crippen LogP contribution is -2.38. The number of hydrogen-bond acceptors (Lipinski definition) is 5. The third-order valence-corrected chi connectivity index (χ3v) is 5.42. The first-order chi connectivity index (χ1) is 7.51. The molecule has 4 nitrogen and oxygen atoms in total. The highest BCUT2D eigenvalue weighted by Gasteiger charge is 2.18. The molecule has 1 aliphatic rings. The van der Waals surface area contributed by atoms with Crippen LogP contribution in [0.3, 0.4) is 0 Å². The van der Waals surface area contributed by atoms with E-state index < -0.39 is 9.84 Å². The molecule has 96 valence electrons. The SMILES string of the molecule is CS(=O)(=O)CCC(CSC1CCCC1)NN. The molecule has 1 fully saturated rings. The lowest BCUT2D eigenvalue weighted by molar-refractivity contribution is 0.549. The number of rotatable bonds is 7. The van der Waals surface area contributed by atoms with Crippen LogP contribution in [-0.2, 0) is 9.84 Å². The van der Waals surface area contributed by atoms with Gasteiger partial charge in [0.1, 0.15) is 9.84 Å². The summed E-state index contributed by atoms with van der Waals surface area (Å²) in [5, 5.41) is 0.758. The Kier molecular flexibility index (Phi) is 6.10. The summed E-state index contributed by atoms with van der Waals surface area (Å²) < 4.78 is 22.1. The molecule has 0 aromatic heterocycles. The van der Waals surface area contributed by atoms with E-state index in [9.17, 15) is 8.42 Å². The third kappa shape index (κ3) is 6.08. The molecular formula is C10H22N2O2S2. The standard InChI is InChI=1S/C10H22N2O2S2/c1-16(13,14)7-6-9(12-11)8-15-10-4-2-3-5-10/h9-10,12H,2-8,11H2,1H3. The van der Waals surface area contributed by atoms with Gasteiger partial charge in [-0.05, 0) is 19.3 Å². The lowest BCUT2D eigenvalue weighted by Gasteiger charge is -2.17. The molecule has 0 bridgehead atoms. The first kappa shape index (κ1) is 14.3. The summed E-state index contributed by atoms with van der Waals surface area (Å²) in [6.45, 7) is 0. The van der Waals surface area contributed by atoms with Crippen molar-refractivity contribution in [1.82, 2.24) is 5.43 Å². The van der Waals surface area contributed by atoms with E-state index in [-0.39, 0.29) is 11.8 Å². The van der Waals surface area contributed by atoms with Crippen molar-refractivity contribution in [3.8, 4) is 0 Å². The zero-order valence-electron chi connectivity index (χ0n) is 9.81. The van der Waals surface area contributed by atoms with Crippen LogP contribution in [0.25, 0.3) is 0 Å². The molecule has 0 aromatic rings. The second kappa shape index (κ2) is 6.83. The van der Waals surface area contributed by atoms with Gasteiger partial charge in [-0.2, -0.15) is 11.8 Å². The highest BCUT2D eigenvalue weighted by Crippen LogP contribution is 2.29. The van der Waals surface area contributed by atoms with Gasteiger partial charge in [-0.15, -0.1) is 0 Å². The summed E-state index contributed by atoms with van der Waals surface area (Å²) >= 11 is 1.93. The Morgan fingerprint density at radius 3 is 2.56 bits per heavy atom. The first-order valence-electron chi connectivity index (χ1n) is 5.76. The van der Waals surface area contributed by atoms with Gasteiger partial charge < -0.3 is 0 Å². The second-order valence-corrected chi connectivity index (χ2v) is 8.12. The molecule has 0 heterocycles. The molecule has 16 heavy (non-hydrogen) atoms. The molecule has 0 saturated heterocycles. The third-order valence-electron chi connectivity index (χ3n) is 2.91. The fraction of sp³-hybridized carbons (Fsp3) is 1.00. The number of nitrogens with two attached hydrogens (primary N) is 1. The zero-order valence-corrected chi connectivity index (χ0v) is 11.4. The first-order valence-corrected chi connectivity index (χ1v) is 8.87. The molecule has 3 N–H and O–H groups in total. The van der Waals surface area contributed by atoms with Crippen molar-refractivity contribution in [3.63, 3.8) is 0 Å². The summed E-state index contributed by atoms with van der Waals surface area (Å²) in [4.78, 5) is 0. The number of hydrogen-bond donors (Lipinski definition) is 2. The van der Waals surface area contributed by atoms with Gasteiger partial charge in [0.25, 0.3) is 0 Å². The Balaban J connectivity index is 2.20. The highest BCUT2D eigenvalue weighted by atomic mass is 32.2. The molecule has 1 aliphatic carbocycles. The molecule has 0 aromatic carbocycles. The topological polar surface area (TPSA) is 72.2 Å². The van der Waals surface area contributed by atoms with Crippen LogP contribution in [0.15, 0.2) is 0 Å². The Morgan fingerprint density at radius 2 is 2.06 bits per heavy atom. The monoisotopic (exact) mass is 266 g/mol. The van der Waals surface area contributed by atoms with Gasteiger partial charge in [-0.1, -0.05) is 12.8 Å². The largest absolute Gasteiger partial charge is 0.271 e. The fourth-order valence-corrected chi connectivity index (χ4v) is 4.03. The molecule has 1 atom stereocenters. The Morgan fingerprint density at radius 1 is 1.44 bits per heavy atom. The van der Waals surface area contributed by atoms with Crippen LogP contribution in [0.4, 0.5) is 0 Å². The van der Waals surface area contributed by atoms with Crippen LogP contribution >= 0.6 is 11.8 Å². The average molecular weight is 266 g/mol. The van der Waals surface area contributed by atoms with E-state index in [1.165, 1.54) is 31.9 Å². The molecule has 0 aliphatic heterocycles. The number of sulfone groups is 1. The molecule has 0 spiro atoms. The van der Waals surface area contributed by atoms with Gasteiger partial charge in [-0.3, -0.25) is 11.3 Å². The van der Waals surface area contributed by atoms with Gasteiger partial charge in [0, 0.05) is 23.3 Å². The van der Waals surface area contributed by atoms with Gasteiger partial charge >= 0.3 is 0 Å². The van der Waals surface area contributed by atoms with Crippen molar-refractivity contribution in [2.24, 2.45) is 5.84 Å². The molecule has 0 amide bonds. The maximum absolute atomic E-state index is 11.0. The molecule has 6 heteroatoms. The quantitative estimate of drug-likeness (QED) is 0.530. The van der Waals surface area contributed by atoms with Crippen molar-refractivity contribution in [3.05, 3.63) is 0 Å². The summed E-state index contributed by atoms with van der Waals surface area (Å²) in [5.41, 5.74) is 2.71. The maximum Gasteiger partial charge on any atom is 0.147 e. The van der Waals surface area contributed by atoms with Crippen molar-refractivity contribution in [2.75, 3.05) is 17.8 Å². The Labute approximate surface area is 103 Å². The van der Waals surface area contributed by atoms with E-state index >= 15 is 0 Å². The molecular weight excluding hydrogens is 244 g/mol. The Hall–Kier alpha value is 0.220. The minimum Gasteiger partial charge on any atom is -0.271 e. The van der Waals surface area contributed by atoms with E-state index in [0.717, 1.165) is 11.0 Å². The van der Waals surface area contributed by atoms with Crippen LogP contribution in [0.1, 0.15) is 32.1 Å². The van der Waals surface area contributed by atoms with E-state index in [1.807, 2.05) is 11.8 Å². The summed E-state index contributed by atoms with van der Waals surface area (Å²) in [7, 11) is -2.87. The van der Waals surface area contributed by atoms with Crippen molar-refractivity contribution < 1.29 is 8.42 Å². The van der Waals surface area contributed by atoms with Gasteiger partial charge in [-0.25, -0.2) is 8.42 Å². The van der Waals surface area contributed by atoms with Crippen molar-refractivity contribution in [2.45, 2.75) is 43.4 Å². The number of nitrogens with one attached hydrogen (secondary N) is 1. The second-order valence-electron chi connectivity index (χ2n) is 4.52. The van der Waals surface area contributed by atoms with Gasteiger partial charge in [0.2, 0.25) is 0 Å². The number of hydrazine groups is 1. The van der Waals surface area contributed by atoms with Crippen LogP contribution in [-0.4, -0.2) is 37.5 Å². The lowest BCUT2D eigenvalue weighted by atomic mass is 10.3. The summed E-state index contributed by atoms with van der Waals surface area (Å²) in [6, 6.07) is 0.111. The minimum absolute atomic E-state index is 0.111. The van der Waals surface area contributed by atoms with Crippen LogP contribution in [0, 0.1) is 0 Å². The summed E-state index contributed by atoms with van der Waals surface area (Å²) in [6.07, 6.45) is 7.14. The van der Waals surface area contributed by atoms with E-state index in [4.69, 9.17) is 5.84 Å². The summed E-state index contributed by atoms with van der Waals surface area (Å²) in [5.74, 6) is 6.56. The van der Waals surface area contributed by atoms with Crippen molar-refractivity contribution >= 4 is 21.6 Å². The normalized spacial score (nSPS) is 20.1. The van der Waals surface area contributed by atoms with Crippen LogP contribution in [0.2, 0.25) is 0 Å². The molecule has 1 saturated carbocycles. The Bertz CT molecular complexity index is 287. The minimum atomic E-state index is -2.87. The highest BCUT2D eigenvalue weighted by molar-refractivity contribution is 7.99. The molecule has 1 rings (SSSR count). The molecule has 0 radical (unpaired) electrons. The van der Waals surface area contributed by atoms with E-state index in [1.54, 1.807) is 0 Å². The van der Waals surface area contributed by atoms with Crippen molar-refractivity contribution in [1.29, 1.82) is 0 Å². The van der Waals surface area contributed by atoms with Gasteiger partial charge in [0.05, 0.1) is 5.75 Å². The smallest absolute Gasteiger partial charge is 0.147 e. The zero-order chi connectivity index (χ0) is 12.0. The average Bonchev–Trinajstić information content (AvgIpc) is 2.69. The maximum atomic E-state index is 11.0. The van der Waals surface area contributed by atoms with E-state index in [0.29, 0.717) is 6.42 Å². The molecule has 1 unspecified atom stereocenters. The van der Waals surface area contributed by atoms with Crippen LogP contribution in [0.5, 0.6) is 0 Å². The predicted octanol–water partition coefficient (Wildman–Crippen LogP) is 0.929. The van der Waals surface area contributed by atoms with Gasteiger partial charge in [0.15, 0.2) is 0 Å². The number of thioether (sulfide) groups is 1. The fourth-order valence-electron chi connectivity index (χ4n) is 1.88. The predicted molar refractivity (Wildman–Crippen MR) is 70.2 cm³/mol.